The molecular weight excluding hydrogens is 248 g/mol. The fraction of sp³-hybridized carbons (Fsp3) is 0.250. The lowest BCUT2D eigenvalue weighted by atomic mass is 10.0. The van der Waals surface area contributed by atoms with E-state index < -0.39 is 0 Å². The van der Waals surface area contributed by atoms with Crippen molar-refractivity contribution >= 4 is 16.6 Å². The third kappa shape index (κ3) is 2.03. The molecule has 0 aliphatic rings. The van der Waals surface area contributed by atoms with Crippen molar-refractivity contribution in [3.63, 3.8) is 0 Å². The lowest BCUT2D eigenvalue weighted by molar-refractivity contribution is 0.718. The first-order valence-electron chi connectivity index (χ1n) is 6.81. The average molecular weight is 266 g/mol. The van der Waals surface area contributed by atoms with Crippen LogP contribution in [0.5, 0.6) is 0 Å². The van der Waals surface area contributed by atoms with Gasteiger partial charge in [-0.05, 0) is 29.5 Å². The molecule has 2 aromatic heterocycles. The van der Waals surface area contributed by atoms with E-state index in [4.69, 9.17) is 0 Å². The molecule has 0 saturated heterocycles. The van der Waals surface area contributed by atoms with E-state index in [1.165, 1.54) is 22.2 Å². The van der Waals surface area contributed by atoms with Crippen LogP contribution in [0.25, 0.3) is 21.9 Å². The van der Waals surface area contributed by atoms with Crippen LogP contribution in [0, 0.1) is 0 Å². The number of nitrogens with one attached hydrogen (secondary N) is 1. The van der Waals surface area contributed by atoms with E-state index in [2.05, 4.69) is 46.6 Å². The molecule has 1 aromatic carbocycles. The summed E-state index contributed by atoms with van der Waals surface area (Å²) in [6.45, 7) is 2.16. The van der Waals surface area contributed by atoms with Gasteiger partial charge in [0, 0.05) is 36.9 Å². The third-order valence-corrected chi connectivity index (χ3v) is 3.69. The van der Waals surface area contributed by atoms with Crippen LogP contribution in [0.1, 0.15) is 12.6 Å². The Morgan fingerprint density at radius 1 is 1.15 bits per heavy atom. The summed E-state index contributed by atoms with van der Waals surface area (Å²) < 4.78 is 1.95. The monoisotopic (exact) mass is 266 g/mol. The van der Waals surface area contributed by atoms with Crippen molar-refractivity contribution in [3.05, 3.63) is 42.4 Å². The van der Waals surface area contributed by atoms with E-state index in [0.29, 0.717) is 0 Å². The fourth-order valence-electron chi connectivity index (χ4n) is 2.57. The predicted octanol–water partition coefficient (Wildman–Crippen LogP) is 3.24. The molecule has 3 aromatic rings. The third-order valence-electron chi connectivity index (χ3n) is 3.69. The van der Waals surface area contributed by atoms with Crippen molar-refractivity contribution < 1.29 is 0 Å². The molecule has 0 amide bonds. The number of pyridine rings is 1. The SMILES string of the molecule is CCc1c(-c2ccc3cnc(NC)cc3c2)cnn1C. The minimum atomic E-state index is 0.886. The van der Waals surface area contributed by atoms with Crippen molar-refractivity contribution in [2.24, 2.45) is 7.05 Å². The standard InChI is InChI=1S/C16H18N4/c1-4-15-14(10-19-20(15)3)11-5-6-12-9-18-16(17-2)8-13(12)7-11/h5-10H,4H2,1-3H3,(H,17,18). The van der Waals surface area contributed by atoms with Gasteiger partial charge in [0.15, 0.2) is 0 Å². The zero-order valence-electron chi connectivity index (χ0n) is 12.0. The Bertz CT molecular complexity index is 758. The number of rotatable bonds is 3. The Kier molecular flexibility index (Phi) is 3.14. The van der Waals surface area contributed by atoms with E-state index in [1.54, 1.807) is 0 Å². The lowest BCUT2D eigenvalue weighted by Crippen LogP contribution is -1.97. The highest BCUT2D eigenvalue weighted by atomic mass is 15.3. The number of hydrogen-bond acceptors (Lipinski definition) is 3. The van der Waals surface area contributed by atoms with Gasteiger partial charge in [-0.2, -0.15) is 5.10 Å². The van der Waals surface area contributed by atoms with Gasteiger partial charge in [0.05, 0.1) is 6.20 Å². The van der Waals surface area contributed by atoms with Gasteiger partial charge in [0.25, 0.3) is 0 Å². The molecule has 0 aliphatic heterocycles. The Balaban J connectivity index is 2.16. The molecule has 0 unspecified atom stereocenters. The predicted molar refractivity (Wildman–Crippen MR) is 82.9 cm³/mol. The molecule has 0 bridgehead atoms. The van der Waals surface area contributed by atoms with Gasteiger partial charge in [-0.15, -0.1) is 0 Å². The van der Waals surface area contributed by atoms with E-state index in [9.17, 15) is 0 Å². The molecule has 1 N–H and O–H groups in total. The summed E-state index contributed by atoms with van der Waals surface area (Å²) in [5.41, 5.74) is 3.67. The molecule has 3 rings (SSSR count). The van der Waals surface area contributed by atoms with Crippen LogP contribution in [-0.2, 0) is 13.5 Å². The largest absolute Gasteiger partial charge is 0.373 e. The molecule has 0 saturated carbocycles. The van der Waals surface area contributed by atoms with E-state index in [0.717, 1.165) is 17.6 Å². The number of nitrogens with zero attached hydrogens (tertiary/aromatic N) is 3. The second-order valence-corrected chi connectivity index (χ2v) is 4.86. The molecule has 0 fully saturated rings. The number of aryl methyl sites for hydroxylation is 1. The van der Waals surface area contributed by atoms with Gasteiger partial charge in [0.2, 0.25) is 0 Å². The molecule has 20 heavy (non-hydrogen) atoms. The number of anilines is 1. The Labute approximate surface area is 118 Å². The minimum Gasteiger partial charge on any atom is -0.373 e. The zero-order valence-corrected chi connectivity index (χ0v) is 12.0. The molecule has 0 spiro atoms. The summed E-state index contributed by atoms with van der Waals surface area (Å²) in [5, 5.41) is 9.78. The van der Waals surface area contributed by atoms with Crippen molar-refractivity contribution in [2.45, 2.75) is 13.3 Å². The molecule has 2 heterocycles. The van der Waals surface area contributed by atoms with Crippen LogP contribution in [-0.4, -0.2) is 21.8 Å². The second-order valence-electron chi connectivity index (χ2n) is 4.86. The summed E-state index contributed by atoms with van der Waals surface area (Å²) in [5.74, 6) is 0.886. The minimum absolute atomic E-state index is 0.886. The van der Waals surface area contributed by atoms with Gasteiger partial charge in [0.1, 0.15) is 5.82 Å². The van der Waals surface area contributed by atoms with Crippen LogP contribution in [0.2, 0.25) is 0 Å². The number of hydrogen-bond donors (Lipinski definition) is 1. The lowest BCUT2D eigenvalue weighted by Gasteiger charge is -2.06. The van der Waals surface area contributed by atoms with Crippen LogP contribution < -0.4 is 5.32 Å². The highest BCUT2D eigenvalue weighted by molar-refractivity contribution is 5.88. The second kappa shape index (κ2) is 4.96. The van der Waals surface area contributed by atoms with Gasteiger partial charge in [-0.25, -0.2) is 4.98 Å². The van der Waals surface area contributed by atoms with Crippen molar-refractivity contribution in [1.29, 1.82) is 0 Å². The highest BCUT2D eigenvalue weighted by Gasteiger charge is 2.09. The summed E-state index contributed by atoms with van der Waals surface area (Å²) >= 11 is 0. The van der Waals surface area contributed by atoms with E-state index in [1.807, 2.05) is 31.2 Å². The van der Waals surface area contributed by atoms with Gasteiger partial charge in [-0.1, -0.05) is 19.1 Å². The normalized spacial score (nSPS) is 10.9. The van der Waals surface area contributed by atoms with Gasteiger partial charge in [-0.3, -0.25) is 4.68 Å². The maximum Gasteiger partial charge on any atom is 0.126 e. The number of aromatic nitrogens is 3. The Hall–Kier alpha value is -2.36. The topological polar surface area (TPSA) is 42.7 Å². The molecule has 0 radical (unpaired) electrons. The van der Waals surface area contributed by atoms with Gasteiger partial charge < -0.3 is 5.32 Å². The molecule has 0 atom stereocenters. The van der Waals surface area contributed by atoms with Crippen LogP contribution in [0.15, 0.2) is 36.7 Å². The number of fused-ring (bicyclic) bond motifs is 1. The average Bonchev–Trinajstić information content (AvgIpc) is 2.86. The zero-order chi connectivity index (χ0) is 14.1. The maximum atomic E-state index is 4.37. The van der Waals surface area contributed by atoms with Crippen molar-refractivity contribution in [3.8, 4) is 11.1 Å². The molecule has 4 nitrogen and oxygen atoms in total. The molecule has 102 valence electrons. The summed E-state index contributed by atoms with van der Waals surface area (Å²) in [6.07, 6.45) is 4.82. The molecule has 0 aliphatic carbocycles. The van der Waals surface area contributed by atoms with Crippen LogP contribution in [0.4, 0.5) is 5.82 Å². The summed E-state index contributed by atoms with van der Waals surface area (Å²) in [7, 11) is 3.88. The smallest absolute Gasteiger partial charge is 0.126 e. The number of benzene rings is 1. The first-order valence-corrected chi connectivity index (χ1v) is 6.81. The quantitative estimate of drug-likeness (QED) is 0.791. The highest BCUT2D eigenvalue weighted by Crippen LogP contribution is 2.27. The van der Waals surface area contributed by atoms with Crippen molar-refractivity contribution in [1.82, 2.24) is 14.8 Å². The first-order chi connectivity index (χ1) is 9.72. The fourth-order valence-corrected chi connectivity index (χ4v) is 2.57. The molecular formula is C16H18N4. The summed E-state index contributed by atoms with van der Waals surface area (Å²) in [6, 6.07) is 8.53. The Morgan fingerprint density at radius 3 is 2.75 bits per heavy atom. The first kappa shape index (κ1) is 12.7. The van der Waals surface area contributed by atoms with E-state index >= 15 is 0 Å². The molecule has 4 heteroatoms. The summed E-state index contributed by atoms with van der Waals surface area (Å²) in [4.78, 5) is 4.34. The van der Waals surface area contributed by atoms with Crippen molar-refractivity contribution in [2.75, 3.05) is 12.4 Å². The van der Waals surface area contributed by atoms with Crippen LogP contribution >= 0.6 is 0 Å². The van der Waals surface area contributed by atoms with Gasteiger partial charge >= 0.3 is 0 Å². The maximum absolute atomic E-state index is 4.37. The van der Waals surface area contributed by atoms with E-state index in [-0.39, 0.29) is 0 Å². The van der Waals surface area contributed by atoms with Crippen LogP contribution in [0.3, 0.4) is 0 Å². The Morgan fingerprint density at radius 2 is 2.00 bits per heavy atom.